The number of carbonyl (C=O) groups is 1. The molecular formula is C33H31F9N2O5S2. The first-order valence-electron chi connectivity index (χ1n) is 15.4. The lowest BCUT2D eigenvalue weighted by molar-refractivity contribution is -0.392. The second-order valence-electron chi connectivity index (χ2n) is 12.3. The predicted molar refractivity (Wildman–Crippen MR) is 166 cm³/mol. The fourth-order valence-electron chi connectivity index (χ4n) is 6.63. The molecule has 0 radical (unpaired) electrons. The topological polar surface area (TPSA) is 90.0 Å². The fourth-order valence-corrected chi connectivity index (χ4v) is 9.43. The normalized spacial score (nSPS) is 20.5. The summed E-state index contributed by atoms with van der Waals surface area (Å²) >= 11 is -1.27. The molecule has 2 saturated heterocycles. The lowest BCUT2D eigenvalue weighted by Gasteiger charge is -2.38. The van der Waals surface area contributed by atoms with Crippen molar-refractivity contribution in [3.05, 3.63) is 101 Å². The average Bonchev–Trinajstić information content (AvgIpc) is 3.53. The number of sulfone groups is 1. The highest BCUT2D eigenvalue weighted by Crippen LogP contribution is 2.54. The van der Waals surface area contributed by atoms with E-state index in [1.807, 2.05) is 0 Å². The Morgan fingerprint density at radius 1 is 0.882 bits per heavy atom. The first kappa shape index (κ1) is 38.9. The second kappa shape index (κ2) is 14.2. The zero-order chi connectivity index (χ0) is 37.6. The number of halogens is 9. The summed E-state index contributed by atoms with van der Waals surface area (Å²) in [5, 5.41) is 0. The number of ether oxygens (including phenoxy) is 1. The van der Waals surface area contributed by atoms with Crippen LogP contribution in [0.2, 0.25) is 0 Å². The predicted octanol–water partition coefficient (Wildman–Crippen LogP) is 6.55. The highest BCUT2D eigenvalue weighted by Gasteiger charge is 2.73. The van der Waals surface area contributed by atoms with Crippen molar-refractivity contribution < 1.29 is 62.0 Å². The van der Waals surface area contributed by atoms with Crippen LogP contribution in [0, 0.1) is 23.4 Å². The maximum atomic E-state index is 14.5. The Labute approximate surface area is 290 Å². The van der Waals surface area contributed by atoms with E-state index in [9.17, 15) is 57.3 Å². The Bertz CT molecular complexity index is 1800. The number of hydrogen-bond donors (Lipinski definition) is 0. The van der Waals surface area contributed by atoms with Gasteiger partial charge in [-0.3, -0.25) is 4.79 Å². The van der Waals surface area contributed by atoms with E-state index in [0.717, 1.165) is 42.5 Å². The van der Waals surface area contributed by atoms with Crippen LogP contribution in [0.1, 0.15) is 36.0 Å². The first-order chi connectivity index (χ1) is 23.7. The standard InChI is InChI=1S/C33H31F9N2O5S2/c1-50(46)44-16-13-21(14-17-44)29(45)43-18-15-30(20-43,51(47,48)25-11-9-24(34)10-12-25)22-5-7-23(8-6-22)31(32(37,38)39,33(40,41)42)49-19-26-27(35)3-2-4-28(26)36/h2-12,21H,13-20H2,1H3. The summed E-state index contributed by atoms with van der Waals surface area (Å²) in [5.41, 5.74) is -8.10. The van der Waals surface area contributed by atoms with E-state index in [2.05, 4.69) is 4.74 Å². The summed E-state index contributed by atoms with van der Waals surface area (Å²) in [6.07, 6.45) is -10.7. The van der Waals surface area contributed by atoms with Gasteiger partial charge in [0.05, 0.1) is 11.5 Å². The van der Waals surface area contributed by atoms with Gasteiger partial charge in [-0.05, 0) is 61.2 Å². The summed E-state index contributed by atoms with van der Waals surface area (Å²) in [4.78, 5) is 14.5. The molecule has 2 aliphatic rings. The lowest BCUT2D eigenvalue weighted by atomic mass is 9.88. The number of nitrogens with zero attached hydrogens (tertiary/aromatic N) is 2. The van der Waals surface area contributed by atoms with E-state index in [0.29, 0.717) is 50.2 Å². The van der Waals surface area contributed by atoms with E-state index in [1.165, 1.54) is 11.2 Å². The number of alkyl halides is 6. The van der Waals surface area contributed by atoms with Gasteiger partial charge >= 0.3 is 12.4 Å². The van der Waals surface area contributed by atoms with Crippen molar-refractivity contribution in [1.82, 2.24) is 9.21 Å². The lowest BCUT2D eigenvalue weighted by Crippen LogP contribution is -2.56. The maximum absolute atomic E-state index is 14.5. The molecular weight excluding hydrogens is 739 g/mol. The van der Waals surface area contributed by atoms with Crippen molar-refractivity contribution in [3.63, 3.8) is 0 Å². The number of benzene rings is 3. The molecule has 18 heteroatoms. The molecule has 0 aromatic heterocycles. The molecule has 0 aliphatic carbocycles. The molecule has 2 heterocycles. The largest absolute Gasteiger partial charge is 0.598 e. The number of carbonyl (C=O) groups excluding carboxylic acids is 1. The van der Waals surface area contributed by atoms with Gasteiger partial charge in [-0.15, -0.1) is 4.31 Å². The molecule has 0 saturated carbocycles. The number of likely N-dealkylation sites (tertiary alicyclic amines) is 1. The molecule has 3 aromatic carbocycles. The molecule has 0 N–H and O–H groups in total. The van der Waals surface area contributed by atoms with Crippen molar-refractivity contribution in [2.45, 2.75) is 53.5 Å². The Balaban J connectivity index is 1.56. The highest BCUT2D eigenvalue weighted by atomic mass is 32.2. The number of piperidine rings is 1. The third kappa shape index (κ3) is 7.09. The summed E-state index contributed by atoms with van der Waals surface area (Å²) in [5.74, 6) is -4.65. The van der Waals surface area contributed by atoms with Crippen molar-refractivity contribution in [2.75, 3.05) is 32.4 Å². The van der Waals surface area contributed by atoms with Gasteiger partial charge in [0.25, 0.3) is 5.60 Å². The minimum Gasteiger partial charge on any atom is -0.598 e. The van der Waals surface area contributed by atoms with Crippen LogP contribution < -0.4 is 0 Å². The van der Waals surface area contributed by atoms with Gasteiger partial charge < -0.3 is 14.2 Å². The van der Waals surface area contributed by atoms with Crippen molar-refractivity contribution in [1.29, 1.82) is 0 Å². The zero-order valence-electron chi connectivity index (χ0n) is 26.7. The molecule has 3 aromatic rings. The fraction of sp³-hybridized carbons (Fsp3) is 0.424. The van der Waals surface area contributed by atoms with Crippen LogP contribution >= 0.6 is 0 Å². The van der Waals surface area contributed by atoms with Gasteiger partial charge in [-0.1, -0.05) is 30.3 Å². The van der Waals surface area contributed by atoms with Crippen LogP contribution in [0.4, 0.5) is 39.5 Å². The maximum Gasteiger partial charge on any atom is 0.430 e. The molecule has 2 fully saturated rings. The quantitative estimate of drug-likeness (QED) is 0.140. The Hall–Kier alpha value is -3.32. The molecule has 5 rings (SSSR count). The highest BCUT2D eigenvalue weighted by molar-refractivity contribution is 7.92. The molecule has 0 bridgehead atoms. The number of amides is 1. The SMILES string of the molecule is C[S+]([O-])N1CCC(C(=O)N2CCC(c3ccc(C(OCc4c(F)cccc4F)(C(F)(F)F)C(F)(F)F)cc3)(S(=O)(=O)c3ccc(F)cc3)C2)CC1. The molecule has 2 aliphatic heterocycles. The van der Waals surface area contributed by atoms with E-state index >= 15 is 0 Å². The summed E-state index contributed by atoms with van der Waals surface area (Å²) < 4.78 is 174. The van der Waals surface area contributed by atoms with Gasteiger partial charge in [-0.25, -0.2) is 21.6 Å². The van der Waals surface area contributed by atoms with Crippen molar-refractivity contribution in [3.8, 4) is 0 Å². The van der Waals surface area contributed by atoms with E-state index in [-0.39, 0.29) is 18.5 Å². The minimum atomic E-state index is -6.23. The Kier molecular flexibility index (Phi) is 10.9. The molecule has 51 heavy (non-hydrogen) atoms. The number of hydrogen-bond acceptors (Lipinski definition) is 6. The summed E-state index contributed by atoms with van der Waals surface area (Å²) in [7, 11) is -4.62. The Morgan fingerprint density at radius 3 is 1.94 bits per heavy atom. The zero-order valence-corrected chi connectivity index (χ0v) is 28.4. The summed E-state index contributed by atoms with van der Waals surface area (Å²) in [6.45, 7) is -1.78. The first-order valence-corrected chi connectivity index (χ1v) is 18.4. The van der Waals surface area contributed by atoms with Crippen molar-refractivity contribution >= 4 is 27.1 Å². The van der Waals surface area contributed by atoms with Crippen molar-refractivity contribution in [2.24, 2.45) is 5.92 Å². The van der Waals surface area contributed by atoms with Crippen LogP contribution in [0.3, 0.4) is 0 Å². The van der Waals surface area contributed by atoms with Gasteiger partial charge in [0, 0.05) is 54.6 Å². The molecule has 7 nitrogen and oxygen atoms in total. The van der Waals surface area contributed by atoms with Crippen LogP contribution in [0.15, 0.2) is 71.6 Å². The molecule has 2 atom stereocenters. The molecule has 278 valence electrons. The smallest absolute Gasteiger partial charge is 0.430 e. The van der Waals surface area contributed by atoms with Gasteiger partial charge in [-0.2, -0.15) is 26.3 Å². The minimum absolute atomic E-state index is 0.146. The molecule has 2 unspecified atom stereocenters. The monoisotopic (exact) mass is 770 g/mol. The van der Waals surface area contributed by atoms with Crippen LogP contribution in [-0.4, -0.2) is 72.9 Å². The molecule has 1 amide bonds. The summed E-state index contributed by atoms with van der Waals surface area (Å²) in [6, 6.07) is 8.02. The second-order valence-corrected chi connectivity index (χ2v) is 16.0. The number of rotatable bonds is 9. The van der Waals surface area contributed by atoms with Gasteiger partial charge in [0.1, 0.15) is 28.5 Å². The van der Waals surface area contributed by atoms with Gasteiger partial charge in [0.15, 0.2) is 9.84 Å². The van der Waals surface area contributed by atoms with E-state index < -0.39 is 102 Å². The van der Waals surface area contributed by atoms with Gasteiger partial charge in [0.2, 0.25) is 5.91 Å². The van der Waals surface area contributed by atoms with E-state index in [1.54, 1.807) is 4.31 Å². The van der Waals surface area contributed by atoms with Crippen LogP contribution in [0.5, 0.6) is 0 Å². The molecule has 0 spiro atoms. The van der Waals surface area contributed by atoms with Crippen LogP contribution in [-0.2, 0) is 47.7 Å². The third-order valence-corrected chi connectivity index (χ3v) is 13.0. The Morgan fingerprint density at radius 2 is 1.43 bits per heavy atom. The third-order valence-electron chi connectivity index (χ3n) is 9.46. The average molecular weight is 771 g/mol. The van der Waals surface area contributed by atoms with E-state index in [4.69, 9.17) is 0 Å². The van der Waals surface area contributed by atoms with Crippen LogP contribution in [0.25, 0.3) is 0 Å².